The van der Waals surface area contributed by atoms with Crippen LogP contribution in [0.2, 0.25) is 0 Å². The fourth-order valence-electron chi connectivity index (χ4n) is 2.97. The first-order valence-corrected chi connectivity index (χ1v) is 8.64. The number of hydrogen-bond donors (Lipinski definition) is 2. The lowest BCUT2D eigenvalue weighted by Crippen LogP contribution is -2.45. The zero-order chi connectivity index (χ0) is 14.7. The van der Waals surface area contributed by atoms with Gasteiger partial charge < -0.3 is 15.4 Å². The van der Waals surface area contributed by atoms with Crippen LogP contribution in [-0.2, 0) is 11.2 Å². The molecule has 3 atom stereocenters. The number of carbonyl (C=O) groups excluding carboxylic acids is 1. The third-order valence-corrected chi connectivity index (χ3v) is 5.50. The maximum Gasteiger partial charge on any atom is 0.315 e. The molecule has 2 aliphatic rings. The molecule has 1 aromatic rings. The molecule has 4 nitrogen and oxygen atoms in total. The van der Waals surface area contributed by atoms with E-state index in [1.807, 2.05) is 18.7 Å². The number of carbonyl (C=O) groups is 1. The van der Waals surface area contributed by atoms with Crippen LogP contribution in [0.1, 0.15) is 29.7 Å². The predicted molar refractivity (Wildman–Crippen MR) is 85.7 cm³/mol. The molecule has 0 spiro atoms. The summed E-state index contributed by atoms with van der Waals surface area (Å²) < 4.78 is 5.46. The average Bonchev–Trinajstić information content (AvgIpc) is 2.90. The molecule has 0 radical (unpaired) electrons. The maximum absolute atomic E-state index is 12.0. The van der Waals surface area contributed by atoms with E-state index in [0.717, 1.165) is 25.2 Å². The number of thioether (sulfide) groups is 1. The molecule has 1 saturated heterocycles. The van der Waals surface area contributed by atoms with Gasteiger partial charge in [-0.3, -0.25) is 0 Å². The lowest BCUT2D eigenvalue weighted by molar-refractivity contribution is 0.114. The Labute approximate surface area is 130 Å². The first kappa shape index (κ1) is 14.7. The van der Waals surface area contributed by atoms with E-state index in [9.17, 15) is 4.79 Å². The summed E-state index contributed by atoms with van der Waals surface area (Å²) in [6, 6.07) is 8.60. The number of ether oxygens (including phenoxy) is 1. The lowest BCUT2D eigenvalue weighted by atomic mass is 10.0. The van der Waals surface area contributed by atoms with Crippen molar-refractivity contribution in [3.63, 3.8) is 0 Å². The van der Waals surface area contributed by atoms with E-state index in [-0.39, 0.29) is 18.2 Å². The Kier molecular flexibility index (Phi) is 4.70. The summed E-state index contributed by atoms with van der Waals surface area (Å²) in [5.41, 5.74) is 2.79. The Morgan fingerprint density at radius 3 is 3.10 bits per heavy atom. The predicted octanol–water partition coefficient (Wildman–Crippen LogP) is 2.49. The number of rotatable bonds is 3. The van der Waals surface area contributed by atoms with Gasteiger partial charge in [0.1, 0.15) is 0 Å². The van der Waals surface area contributed by atoms with Gasteiger partial charge in [0.2, 0.25) is 0 Å². The van der Waals surface area contributed by atoms with Crippen molar-refractivity contribution in [3.05, 3.63) is 35.4 Å². The molecule has 114 valence electrons. The summed E-state index contributed by atoms with van der Waals surface area (Å²) in [6.07, 6.45) is 2.14. The molecule has 1 aromatic carbocycles. The molecule has 2 N–H and O–H groups in total. The number of hydrogen-bond acceptors (Lipinski definition) is 3. The third kappa shape index (κ3) is 3.52. The Balaban J connectivity index is 1.52. The molecule has 3 rings (SSSR count). The van der Waals surface area contributed by atoms with Gasteiger partial charge in [0.15, 0.2) is 0 Å². The van der Waals surface area contributed by atoms with Crippen molar-refractivity contribution in [2.75, 3.05) is 18.9 Å². The normalized spacial score (nSPS) is 28.0. The van der Waals surface area contributed by atoms with E-state index in [0.29, 0.717) is 11.8 Å². The van der Waals surface area contributed by atoms with Crippen LogP contribution >= 0.6 is 11.8 Å². The van der Waals surface area contributed by atoms with E-state index in [4.69, 9.17) is 4.74 Å². The van der Waals surface area contributed by atoms with Gasteiger partial charge in [-0.25, -0.2) is 4.79 Å². The highest BCUT2D eigenvalue weighted by Crippen LogP contribution is 2.35. The van der Waals surface area contributed by atoms with Crippen molar-refractivity contribution in [3.8, 4) is 0 Å². The average molecular weight is 306 g/mol. The number of aryl methyl sites for hydroxylation is 1. The van der Waals surface area contributed by atoms with Crippen LogP contribution in [-0.4, -0.2) is 37.1 Å². The summed E-state index contributed by atoms with van der Waals surface area (Å²) >= 11 is 1.92. The van der Waals surface area contributed by atoms with Gasteiger partial charge >= 0.3 is 6.03 Å². The molecule has 21 heavy (non-hydrogen) atoms. The highest BCUT2D eigenvalue weighted by atomic mass is 32.2. The van der Waals surface area contributed by atoms with Crippen LogP contribution in [0.15, 0.2) is 24.3 Å². The van der Waals surface area contributed by atoms with Gasteiger partial charge in [0.05, 0.1) is 12.1 Å². The molecular formula is C16H22N2O2S. The third-order valence-electron chi connectivity index (χ3n) is 4.23. The second-order valence-corrected chi connectivity index (χ2v) is 6.94. The van der Waals surface area contributed by atoms with E-state index in [1.54, 1.807) is 0 Å². The number of urea groups is 1. The van der Waals surface area contributed by atoms with Gasteiger partial charge in [-0.05, 0) is 36.6 Å². The van der Waals surface area contributed by atoms with Gasteiger partial charge in [0.25, 0.3) is 0 Å². The maximum atomic E-state index is 12.0. The fraction of sp³-hybridized carbons (Fsp3) is 0.562. The number of nitrogens with one attached hydrogen (secondary N) is 2. The molecule has 0 aliphatic carbocycles. The molecule has 5 heteroatoms. The minimum absolute atomic E-state index is 0.0824. The van der Waals surface area contributed by atoms with Crippen molar-refractivity contribution in [1.29, 1.82) is 0 Å². The second-order valence-electron chi connectivity index (χ2n) is 5.63. The zero-order valence-corrected chi connectivity index (χ0v) is 13.1. The smallest absolute Gasteiger partial charge is 0.315 e. The highest BCUT2D eigenvalue weighted by Gasteiger charge is 2.26. The van der Waals surface area contributed by atoms with Crippen LogP contribution in [0.5, 0.6) is 0 Å². The van der Waals surface area contributed by atoms with Crippen LogP contribution in [0.4, 0.5) is 4.79 Å². The summed E-state index contributed by atoms with van der Waals surface area (Å²) in [4.78, 5) is 12.0. The minimum Gasteiger partial charge on any atom is -0.376 e. The van der Waals surface area contributed by atoms with Crippen molar-refractivity contribution < 1.29 is 9.53 Å². The van der Waals surface area contributed by atoms with Crippen LogP contribution < -0.4 is 10.6 Å². The summed E-state index contributed by atoms with van der Waals surface area (Å²) in [7, 11) is 0. The first-order chi connectivity index (χ1) is 10.2. The zero-order valence-electron chi connectivity index (χ0n) is 12.3. The largest absolute Gasteiger partial charge is 0.376 e. The van der Waals surface area contributed by atoms with Gasteiger partial charge in [0, 0.05) is 18.4 Å². The van der Waals surface area contributed by atoms with Crippen molar-refractivity contribution >= 4 is 17.8 Å². The molecular weight excluding hydrogens is 284 g/mol. The minimum atomic E-state index is -0.0824. The molecule has 0 saturated carbocycles. The van der Waals surface area contributed by atoms with E-state index >= 15 is 0 Å². The van der Waals surface area contributed by atoms with E-state index in [2.05, 4.69) is 34.9 Å². The Bertz CT molecular complexity index is 509. The van der Waals surface area contributed by atoms with E-state index < -0.39 is 0 Å². The van der Waals surface area contributed by atoms with Gasteiger partial charge in [-0.15, -0.1) is 0 Å². The Morgan fingerprint density at radius 1 is 1.43 bits per heavy atom. The number of amides is 2. The van der Waals surface area contributed by atoms with Crippen molar-refractivity contribution in [2.45, 2.75) is 37.2 Å². The number of benzene rings is 1. The molecule has 0 bridgehead atoms. The molecule has 1 fully saturated rings. The highest BCUT2D eigenvalue weighted by molar-refractivity contribution is 7.99. The molecule has 2 aliphatic heterocycles. The van der Waals surface area contributed by atoms with Crippen LogP contribution in [0.25, 0.3) is 0 Å². The second kappa shape index (κ2) is 6.71. The SMILES string of the molecule is C[C@H]1OCC[C@H]1NC(=O)NCC1SCCc2ccccc21. The molecule has 2 heterocycles. The monoisotopic (exact) mass is 306 g/mol. The topological polar surface area (TPSA) is 50.4 Å². The van der Waals surface area contributed by atoms with Gasteiger partial charge in [-0.2, -0.15) is 11.8 Å². The lowest BCUT2D eigenvalue weighted by Gasteiger charge is -2.25. The standard InChI is InChI=1S/C16H22N2O2S/c1-11-14(6-8-20-11)18-16(19)17-10-15-13-5-3-2-4-12(13)7-9-21-15/h2-5,11,14-15H,6-10H2,1H3,(H2,17,18,19)/t11-,14-,15?/m1/s1. The Hall–Kier alpha value is -1.20. The summed E-state index contributed by atoms with van der Waals surface area (Å²) in [6.45, 7) is 3.42. The fourth-order valence-corrected chi connectivity index (χ4v) is 4.20. The van der Waals surface area contributed by atoms with Gasteiger partial charge in [-0.1, -0.05) is 24.3 Å². The van der Waals surface area contributed by atoms with Crippen LogP contribution in [0.3, 0.4) is 0 Å². The quantitative estimate of drug-likeness (QED) is 0.902. The molecule has 1 unspecified atom stereocenters. The summed E-state index contributed by atoms with van der Waals surface area (Å²) in [5.74, 6) is 1.12. The molecule has 2 amide bonds. The van der Waals surface area contributed by atoms with Crippen LogP contribution in [0, 0.1) is 0 Å². The van der Waals surface area contributed by atoms with Crippen molar-refractivity contribution in [2.24, 2.45) is 0 Å². The number of fused-ring (bicyclic) bond motifs is 1. The van der Waals surface area contributed by atoms with E-state index in [1.165, 1.54) is 11.1 Å². The first-order valence-electron chi connectivity index (χ1n) is 7.59. The Morgan fingerprint density at radius 2 is 2.29 bits per heavy atom. The van der Waals surface area contributed by atoms with Crippen molar-refractivity contribution in [1.82, 2.24) is 10.6 Å². The summed E-state index contributed by atoms with van der Waals surface area (Å²) in [5, 5.41) is 6.38. The molecule has 0 aromatic heterocycles.